The predicted octanol–water partition coefficient (Wildman–Crippen LogP) is 4.70. The maximum absolute atomic E-state index is 4.79. The van der Waals surface area contributed by atoms with Gasteiger partial charge in [0.25, 0.3) is 0 Å². The second-order valence-electron chi connectivity index (χ2n) is 7.11. The first-order valence-electron chi connectivity index (χ1n) is 9.75. The third-order valence-electron chi connectivity index (χ3n) is 4.95. The second-order valence-corrected chi connectivity index (χ2v) is 7.11. The van der Waals surface area contributed by atoms with E-state index in [1.54, 1.807) is 12.4 Å². The third kappa shape index (κ3) is 3.63. The van der Waals surface area contributed by atoms with Gasteiger partial charge in [-0.25, -0.2) is 9.97 Å². The first-order valence-corrected chi connectivity index (χ1v) is 9.75. The van der Waals surface area contributed by atoms with Crippen LogP contribution >= 0.6 is 0 Å². The molecule has 0 aliphatic rings. The van der Waals surface area contributed by atoms with Gasteiger partial charge >= 0.3 is 0 Å². The number of nitrogens with zero attached hydrogens (tertiary/aromatic N) is 5. The zero-order valence-corrected chi connectivity index (χ0v) is 16.5. The van der Waals surface area contributed by atoms with Crippen molar-refractivity contribution in [3.8, 4) is 22.5 Å². The summed E-state index contributed by atoms with van der Waals surface area (Å²) in [6, 6.07) is 20.4. The molecule has 0 spiro atoms. The van der Waals surface area contributed by atoms with E-state index >= 15 is 0 Å². The van der Waals surface area contributed by atoms with Gasteiger partial charge in [-0.05, 0) is 41.5 Å². The first kappa shape index (κ1) is 18.0. The molecule has 2 aromatic carbocycles. The van der Waals surface area contributed by atoms with Gasteiger partial charge in [0.1, 0.15) is 5.82 Å². The Morgan fingerprint density at radius 2 is 1.77 bits per heavy atom. The molecule has 0 fully saturated rings. The molecule has 0 atom stereocenters. The van der Waals surface area contributed by atoms with Gasteiger partial charge in [0.05, 0.1) is 11.7 Å². The molecule has 0 saturated carbocycles. The van der Waals surface area contributed by atoms with Crippen molar-refractivity contribution >= 4 is 16.7 Å². The van der Waals surface area contributed by atoms with E-state index in [0.29, 0.717) is 12.4 Å². The number of benzene rings is 2. The predicted molar refractivity (Wildman–Crippen MR) is 119 cm³/mol. The van der Waals surface area contributed by atoms with Crippen LogP contribution in [0.5, 0.6) is 0 Å². The minimum Gasteiger partial charge on any atom is -0.365 e. The molecule has 30 heavy (non-hydrogen) atoms. The molecule has 0 bridgehead atoms. The highest BCUT2D eigenvalue weighted by molar-refractivity contribution is 5.90. The van der Waals surface area contributed by atoms with Gasteiger partial charge in [-0.2, -0.15) is 5.10 Å². The Bertz CT molecular complexity index is 1310. The molecule has 5 rings (SSSR count). The van der Waals surface area contributed by atoms with Crippen molar-refractivity contribution in [3.63, 3.8) is 0 Å². The number of aryl methyl sites for hydroxylation is 1. The summed E-state index contributed by atoms with van der Waals surface area (Å²) in [5.41, 5.74) is 5.21. The third-order valence-corrected chi connectivity index (χ3v) is 4.95. The van der Waals surface area contributed by atoms with Crippen molar-refractivity contribution in [2.75, 3.05) is 5.32 Å². The van der Waals surface area contributed by atoms with E-state index in [0.717, 1.165) is 33.4 Å². The van der Waals surface area contributed by atoms with E-state index in [9.17, 15) is 0 Å². The van der Waals surface area contributed by atoms with Crippen LogP contribution in [0.25, 0.3) is 33.4 Å². The molecule has 6 nitrogen and oxygen atoms in total. The fourth-order valence-corrected chi connectivity index (χ4v) is 3.45. The van der Waals surface area contributed by atoms with Crippen molar-refractivity contribution < 1.29 is 0 Å². The molecule has 0 amide bonds. The molecule has 0 saturated heterocycles. The van der Waals surface area contributed by atoms with Gasteiger partial charge in [0.15, 0.2) is 5.82 Å². The summed E-state index contributed by atoms with van der Waals surface area (Å²) in [5.74, 6) is 1.47. The molecule has 3 aromatic heterocycles. The van der Waals surface area contributed by atoms with E-state index in [2.05, 4.69) is 39.7 Å². The highest BCUT2D eigenvalue weighted by Gasteiger charge is 2.10. The normalized spacial score (nSPS) is 11.0. The summed E-state index contributed by atoms with van der Waals surface area (Å²) in [5, 5.41) is 8.77. The fraction of sp³-hybridized carbons (Fsp3) is 0.0833. The molecule has 3 heterocycles. The maximum atomic E-state index is 4.79. The Morgan fingerprint density at radius 3 is 2.60 bits per heavy atom. The molecular formula is C24H20N6. The molecule has 1 N–H and O–H groups in total. The SMILES string of the molecule is Cn1cc(-c2cccc(CNc3nc(-c4cccnc4)nc4ccccc34)c2)cn1. The number of aromatic nitrogens is 5. The minimum absolute atomic E-state index is 0.654. The highest BCUT2D eigenvalue weighted by Crippen LogP contribution is 2.25. The number of rotatable bonds is 5. The highest BCUT2D eigenvalue weighted by atomic mass is 15.2. The number of hydrogen-bond donors (Lipinski definition) is 1. The Kier molecular flexibility index (Phi) is 4.65. The monoisotopic (exact) mass is 392 g/mol. The average molecular weight is 392 g/mol. The smallest absolute Gasteiger partial charge is 0.163 e. The van der Waals surface area contributed by atoms with Crippen LogP contribution in [0.2, 0.25) is 0 Å². The number of para-hydroxylation sites is 1. The van der Waals surface area contributed by atoms with Crippen LogP contribution in [0.1, 0.15) is 5.56 Å². The lowest BCUT2D eigenvalue weighted by Gasteiger charge is -2.11. The first-order chi connectivity index (χ1) is 14.8. The number of anilines is 1. The molecule has 0 aliphatic carbocycles. The van der Waals surface area contributed by atoms with Crippen LogP contribution in [0.4, 0.5) is 5.82 Å². The van der Waals surface area contributed by atoms with Crippen LogP contribution in [0.15, 0.2) is 85.5 Å². The largest absolute Gasteiger partial charge is 0.365 e. The van der Waals surface area contributed by atoms with Gasteiger partial charge in [0.2, 0.25) is 0 Å². The van der Waals surface area contributed by atoms with E-state index in [1.165, 1.54) is 5.56 Å². The lowest BCUT2D eigenvalue weighted by atomic mass is 10.1. The number of hydrogen-bond acceptors (Lipinski definition) is 5. The van der Waals surface area contributed by atoms with Gasteiger partial charge in [-0.1, -0.05) is 30.3 Å². The molecule has 0 radical (unpaired) electrons. The summed E-state index contributed by atoms with van der Waals surface area (Å²) >= 11 is 0. The number of fused-ring (bicyclic) bond motifs is 1. The summed E-state index contributed by atoms with van der Waals surface area (Å²) in [6.45, 7) is 0.654. The van der Waals surface area contributed by atoms with Crippen LogP contribution in [0.3, 0.4) is 0 Å². The lowest BCUT2D eigenvalue weighted by Crippen LogP contribution is -2.04. The Labute approximate surface area is 174 Å². The zero-order chi connectivity index (χ0) is 20.3. The van der Waals surface area contributed by atoms with Crippen molar-refractivity contribution in [2.24, 2.45) is 7.05 Å². The lowest BCUT2D eigenvalue weighted by molar-refractivity contribution is 0.768. The van der Waals surface area contributed by atoms with Crippen molar-refractivity contribution in [1.29, 1.82) is 0 Å². The topological polar surface area (TPSA) is 68.5 Å². The van der Waals surface area contributed by atoms with Gasteiger partial charge < -0.3 is 5.32 Å². The molecule has 5 aromatic rings. The Hall–Kier alpha value is -4.06. The van der Waals surface area contributed by atoms with E-state index in [4.69, 9.17) is 9.97 Å². The van der Waals surface area contributed by atoms with Crippen molar-refractivity contribution in [3.05, 3.63) is 91.0 Å². The van der Waals surface area contributed by atoms with E-state index < -0.39 is 0 Å². The number of nitrogens with one attached hydrogen (secondary N) is 1. The molecule has 6 heteroatoms. The zero-order valence-electron chi connectivity index (χ0n) is 16.5. The van der Waals surface area contributed by atoms with Crippen molar-refractivity contribution in [1.82, 2.24) is 24.7 Å². The van der Waals surface area contributed by atoms with Crippen LogP contribution in [0, 0.1) is 0 Å². The fourth-order valence-electron chi connectivity index (χ4n) is 3.45. The summed E-state index contributed by atoms with van der Waals surface area (Å²) in [4.78, 5) is 13.7. The maximum Gasteiger partial charge on any atom is 0.163 e. The Balaban J connectivity index is 1.47. The van der Waals surface area contributed by atoms with E-state index in [-0.39, 0.29) is 0 Å². The van der Waals surface area contributed by atoms with Crippen LogP contribution < -0.4 is 5.32 Å². The molecule has 146 valence electrons. The van der Waals surface area contributed by atoms with Crippen LogP contribution in [-0.2, 0) is 13.6 Å². The number of pyridine rings is 1. The van der Waals surface area contributed by atoms with E-state index in [1.807, 2.05) is 60.5 Å². The van der Waals surface area contributed by atoms with Gasteiger partial charge in [0, 0.05) is 48.7 Å². The molecular weight excluding hydrogens is 372 g/mol. The van der Waals surface area contributed by atoms with Gasteiger partial charge in [-0.15, -0.1) is 0 Å². The standard InChI is InChI=1S/C24H20N6/c1-30-16-20(15-27-30)18-7-4-6-17(12-18)13-26-24-21-9-2-3-10-22(21)28-23(29-24)19-8-5-11-25-14-19/h2-12,14-16H,13H2,1H3,(H,26,28,29). The second kappa shape index (κ2) is 7.75. The molecule has 0 aliphatic heterocycles. The van der Waals surface area contributed by atoms with Gasteiger partial charge in [-0.3, -0.25) is 9.67 Å². The summed E-state index contributed by atoms with van der Waals surface area (Å²) in [7, 11) is 1.93. The van der Waals surface area contributed by atoms with Crippen molar-refractivity contribution in [2.45, 2.75) is 6.54 Å². The Morgan fingerprint density at radius 1 is 0.867 bits per heavy atom. The average Bonchev–Trinajstić information content (AvgIpc) is 3.24. The molecule has 0 unspecified atom stereocenters. The summed E-state index contributed by atoms with van der Waals surface area (Å²) < 4.78 is 1.81. The summed E-state index contributed by atoms with van der Waals surface area (Å²) in [6.07, 6.45) is 7.43. The quantitative estimate of drug-likeness (QED) is 0.469. The van der Waals surface area contributed by atoms with Crippen LogP contribution in [-0.4, -0.2) is 24.7 Å². The minimum atomic E-state index is 0.654.